The summed E-state index contributed by atoms with van der Waals surface area (Å²) >= 11 is 0. The molecule has 0 saturated carbocycles. The Kier molecular flexibility index (Phi) is 6.98. The molecule has 5 nitrogen and oxygen atoms in total. The highest BCUT2D eigenvalue weighted by molar-refractivity contribution is 5.86. The van der Waals surface area contributed by atoms with E-state index in [-0.39, 0.29) is 18.0 Å². The second kappa shape index (κ2) is 10.9. The van der Waals surface area contributed by atoms with Gasteiger partial charge in [0.25, 0.3) is 0 Å². The number of nitrogens with zero attached hydrogens (tertiary/aromatic N) is 4. The van der Waals surface area contributed by atoms with Crippen molar-refractivity contribution in [1.29, 1.82) is 5.26 Å². The van der Waals surface area contributed by atoms with Crippen molar-refractivity contribution >= 4 is 5.91 Å². The minimum atomic E-state index is -0.599. The molecule has 0 spiro atoms. The normalized spacial score (nSPS) is 20.9. The summed E-state index contributed by atoms with van der Waals surface area (Å²) < 4.78 is 0. The number of amides is 1. The van der Waals surface area contributed by atoms with Crippen LogP contribution in [0.25, 0.3) is 0 Å². The molecule has 194 valence electrons. The van der Waals surface area contributed by atoms with Crippen LogP contribution in [0.2, 0.25) is 0 Å². The standard InChI is InChI=1S/C34H32N4O/c35-22-21-31-24-36(23-27-13-5-1-6-14-27)26-37(31)33(39)32-25-38(32)34(28-15-7-2-8-16-28,29-17-9-3-10-18-29)30-19-11-4-12-20-30/h1-20,31-32H,21,23-26H2. The van der Waals surface area contributed by atoms with E-state index in [0.717, 1.165) is 23.2 Å². The maximum atomic E-state index is 14.2. The molecule has 39 heavy (non-hydrogen) atoms. The van der Waals surface area contributed by atoms with Crippen LogP contribution in [0.15, 0.2) is 121 Å². The van der Waals surface area contributed by atoms with E-state index in [9.17, 15) is 10.1 Å². The lowest BCUT2D eigenvalue weighted by atomic mass is 9.76. The van der Waals surface area contributed by atoms with Crippen LogP contribution in [-0.4, -0.2) is 52.4 Å². The predicted octanol–water partition coefficient (Wildman–Crippen LogP) is 5.25. The Morgan fingerprint density at radius 1 is 0.744 bits per heavy atom. The molecule has 3 unspecified atom stereocenters. The third-order valence-electron chi connectivity index (χ3n) is 8.02. The molecule has 0 radical (unpaired) electrons. The largest absolute Gasteiger partial charge is 0.323 e. The number of rotatable bonds is 8. The zero-order valence-corrected chi connectivity index (χ0v) is 21.9. The highest BCUT2D eigenvalue weighted by Gasteiger charge is 2.57. The Morgan fingerprint density at radius 2 is 1.23 bits per heavy atom. The summed E-state index contributed by atoms with van der Waals surface area (Å²) in [5.41, 5.74) is 4.03. The maximum absolute atomic E-state index is 14.2. The van der Waals surface area contributed by atoms with Crippen LogP contribution in [0.5, 0.6) is 0 Å². The number of benzene rings is 4. The van der Waals surface area contributed by atoms with Crippen molar-refractivity contribution in [1.82, 2.24) is 14.7 Å². The summed E-state index contributed by atoms with van der Waals surface area (Å²) in [7, 11) is 0. The quantitative estimate of drug-likeness (QED) is 0.239. The molecule has 2 saturated heterocycles. The Labute approximate surface area is 230 Å². The van der Waals surface area contributed by atoms with E-state index in [1.165, 1.54) is 5.56 Å². The smallest absolute Gasteiger partial charge is 0.242 e. The van der Waals surface area contributed by atoms with Gasteiger partial charge in [0.1, 0.15) is 6.04 Å². The highest BCUT2D eigenvalue weighted by atomic mass is 16.2. The van der Waals surface area contributed by atoms with Crippen LogP contribution < -0.4 is 0 Å². The van der Waals surface area contributed by atoms with Gasteiger partial charge in [-0.15, -0.1) is 0 Å². The Hall–Kier alpha value is -4.24. The van der Waals surface area contributed by atoms with Gasteiger partial charge >= 0.3 is 0 Å². The Balaban J connectivity index is 1.34. The first-order valence-electron chi connectivity index (χ1n) is 13.6. The first-order chi connectivity index (χ1) is 19.2. The topological polar surface area (TPSA) is 50.4 Å². The molecule has 0 bridgehead atoms. The average Bonchev–Trinajstić information content (AvgIpc) is 3.69. The molecule has 4 aromatic rings. The van der Waals surface area contributed by atoms with Gasteiger partial charge in [0.2, 0.25) is 5.91 Å². The number of hydrogen-bond acceptors (Lipinski definition) is 4. The van der Waals surface area contributed by atoms with Crippen LogP contribution >= 0.6 is 0 Å². The minimum absolute atomic E-state index is 0.103. The van der Waals surface area contributed by atoms with Crippen molar-refractivity contribution in [3.05, 3.63) is 144 Å². The third kappa shape index (κ3) is 4.74. The molecule has 0 aliphatic carbocycles. The first-order valence-corrected chi connectivity index (χ1v) is 13.6. The van der Waals surface area contributed by atoms with Crippen LogP contribution in [0, 0.1) is 11.3 Å². The molecule has 2 aliphatic rings. The van der Waals surface area contributed by atoms with Gasteiger partial charge in [0.05, 0.1) is 30.7 Å². The zero-order valence-electron chi connectivity index (χ0n) is 21.9. The summed E-state index contributed by atoms with van der Waals surface area (Å²) in [6.07, 6.45) is 0.338. The second-order valence-corrected chi connectivity index (χ2v) is 10.4. The first kappa shape index (κ1) is 25.1. The fraction of sp³-hybridized carbons (Fsp3) is 0.235. The van der Waals surface area contributed by atoms with Gasteiger partial charge in [-0.25, -0.2) is 0 Å². The Morgan fingerprint density at radius 3 is 1.72 bits per heavy atom. The fourth-order valence-corrected chi connectivity index (χ4v) is 6.22. The van der Waals surface area contributed by atoms with Gasteiger partial charge in [0, 0.05) is 19.6 Å². The SMILES string of the molecule is N#CCC1CN(Cc2ccccc2)CN1C(=O)C1CN1C(c1ccccc1)(c1ccccc1)c1ccccc1. The second-order valence-electron chi connectivity index (χ2n) is 10.4. The lowest BCUT2D eigenvalue weighted by molar-refractivity contribution is -0.133. The molecular weight excluding hydrogens is 480 g/mol. The molecule has 1 amide bonds. The minimum Gasteiger partial charge on any atom is -0.323 e. The van der Waals surface area contributed by atoms with E-state index >= 15 is 0 Å². The van der Waals surface area contributed by atoms with Gasteiger partial charge in [-0.05, 0) is 22.3 Å². The van der Waals surface area contributed by atoms with Gasteiger partial charge in [-0.3, -0.25) is 14.6 Å². The molecule has 3 atom stereocenters. The van der Waals surface area contributed by atoms with Crippen molar-refractivity contribution in [2.24, 2.45) is 0 Å². The van der Waals surface area contributed by atoms with Gasteiger partial charge in [-0.1, -0.05) is 121 Å². The lowest BCUT2D eigenvalue weighted by Gasteiger charge is -2.38. The van der Waals surface area contributed by atoms with Crippen molar-refractivity contribution in [2.45, 2.75) is 30.6 Å². The maximum Gasteiger partial charge on any atom is 0.242 e. The molecule has 6 rings (SSSR count). The average molecular weight is 513 g/mol. The van der Waals surface area contributed by atoms with Crippen LogP contribution in [0.1, 0.15) is 28.7 Å². The molecule has 0 aromatic heterocycles. The molecular formula is C34H32N4O. The molecule has 0 N–H and O–H groups in total. The van der Waals surface area contributed by atoms with Crippen LogP contribution in [0.3, 0.4) is 0 Å². The highest BCUT2D eigenvalue weighted by Crippen LogP contribution is 2.48. The van der Waals surface area contributed by atoms with E-state index in [4.69, 9.17) is 0 Å². The van der Waals surface area contributed by atoms with Gasteiger partial charge in [-0.2, -0.15) is 5.26 Å². The molecule has 4 aromatic carbocycles. The van der Waals surface area contributed by atoms with Crippen molar-refractivity contribution in [3.8, 4) is 6.07 Å². The molecule has 2 aliphatic heterocycles. The number of hydrogen-bond donors (Lipinski definition) is 0. The molecule has 5 heteroatoms. The van der Waals surface area contributed by atoms with Crippen LogP contribution in [-0.2, 0) is 16.9 Å². The summed E-state index contributed by atoms with van der Waals surface area (Å²) in [5, 5.41) is 9.57. The summed E-state index contributed by atoms with van der Waals surface area (Å²) in [6, 6.07) is 43.8. The lowest BCUT2D eigenvalue weighted by Crippen LogP contribution is -2.44. The number of carbonyl (C=O) groups excluding carboxylic acids is 1. The van der Waals surface area contributed by atoms with E-state index in [0.29, 0.717) is 26.2 Å². The van der Waals surface area contributed by atoms with Gasteiger partial charge in [0.15, 0.2) is 0 Å². The summed E-state index contributed by atoms with van der Waals surface area (Å²) in [4.78, 5) is 20.7. The third-order valence-corrected chi connectivity index (χ3v) is 8.02. The van der Waals surface area contributed by atoms with E-state index in [1.54, 1.807) is 0 Å². The molecule has 2 fully saturated rings. The van der Waals surface area contributed by atoms with E-state index in [2.05, 4.69) is 101 Å². The summed E-state index contributed by atoms with van der Waals surface area (Å²) in [6.45, 7) is 2.68. The van der Waals surface area contributed by atoms with Crippen molar-refractivity contribution < 1.29 is 4.79 Å². The zero-order chi connectivity index (χ0) is 26.7. The fourth-order valence-electron chi connectivity index (χ4n) is 6.22. The van der Waals surface area contributed by atoms with Crippen LogP contribution in [0.4, 0.5) is 0 Å². The Bertz CT molecular complexity index is 1340. The van der Waals surface area contributed by atoms with E-state index in [1.807, 2.05) is 41.3 Å². The van der Waals surface area contributed by atoms with Crippen molar-refractivity contribution in [3.63, 3.8) is 0 Å². The predicted molar refractivity (Wildman–Crippen MR) is 152 cm³/mol. The monoisotopic (exact) mass is 512 g/mol. The van der Waals surface area contributed by atoms with Gasteiger partial charge < -0.3 is 4.90 Å². The number of carbonyl (C=O) groups is 1. The van der Waals surface area contributed by atoms with E-state index < -0.39 is 5.54 Å². The number of nitriles is 1. The van der Waals surface area contributed by atoms with Crippen molar-refractivity contribution in [2.75, 3.05) is 19.8 Å². The molecule has 2 heterocycles. The summed E-state index contributed by atoms with van der Waals surface area (Å²) in [5.74, 6) is 0.109.